The zero-order valence-electron chi connectivity index (χ0n) is 13.6. The zero-order valence-corrected chi connectivity index (χ0v) is 14.4. The molecule has 0 heterocycles. The Morgan fingerprint density at radius 2 is 1.72 bits per heavy atom. The predicted octanol–water partition coefficient (Wildman–Crippen LogP) is 5.04. The van der Waals surface area contributed by atoms with Gasteiger partial charge < -0.3 is 10.6 Å². The molecule has 2 nitrogen and oxygen atoms in total. The Bertz CT molecular complexity index is 891. The fourth-order valence-electron chi connectivity index (χ4n) is 2.74. The molecule has 128 valence electrons. The number of hydrogen-bond acceptors (Lipinski definition) is 1. The van der Waals surface area contributed by atoms with Crippen molar-refractivity contribution in [3.05, 3.63) is 77.9 Å². The van der Waals surface area contributed by atoms with E-state index in [-0.39, 0.29) is 0 Å². The molecule has 0 atom stereocenters. The summed E-state index contributed by atoms with van der Waals surface area (Å²) < 4.78 is 26.1. The van der Waals surface area contributed by atoms with Crippen molar-refractivity contribution in [2.24, 2.45) is 0 Å². The lowest BCUT2D eigenvalue weighted by Gasteiger charge is -2.11. The van der Waals surface area contributed by atoms with Crippen molar-refractivity contribution >= 4 is 33.8 Å². The number of thiocarbonyl (C=S) groups is 1. The summed E-state index contributed by atoms with van der Waals surface area (Å²) in [7, 11) is 0. The van der Waals surface area contributed by atoms with Gasteiger partial charge in [0, 0.05) is 18.3 Å². The lowest BCUT2D eigenvalue weighted by Crippen LogP contribution is -2.29. The quantitative estimate of drug-likeness (QED) is 0.495. The smallest absolute Gasteiger partial charge is 0.170 e. The number of fused-ring (bicyclic) bond motifs is 1. The van der Waals surface area contributed by atoms with Crippen LogP contribution in [-0.4, -0.2) is 11.7 Å². The maximum absolute atomic E-state index is 13.2. The van der Waals surface area contributed by atoms with Crippen LogP contribution in [0.2, 0.25) is 0 Å². The Morgan fingerprint density at radius 1 is 0.920 bits per heavy atom. The van der Waals surface area contributed by atoms with Crippen molar-refractivity contribution in [3.8, 4) is 0 Å². The normalized spacial score (nSPS) is 10.6. The van der Waals surface area contributed by atoms with E-state index < -0.39 is 11.6 Å². The van der Waals surface area contributed by atoms with Crippen LogP contribution in [0.1, 0.15) is 12.0 Å². The maximum Gasteiger partial charge on any atom is 0.170 e. The van der Waals surface area contributed by atoms with Gasteiger partial charge in [0.15, 0.2) is 16.7 Å². The molecule has 0 aromatic heterocycles. The summed E-state index contributed by atoms with van der Waals surface area (Å²) in [6.45, 7) is 0.693. The first-order chi connectivity index (χ1) is 12.1. The fourth-order valence-corrected chi connectivity index (χ4v) is 2.96. The molecule has 3 rings (SSSR count). The van der Waals surface area contributed by atoms with Crippen LogP contribution in [0.4, 0.5) is 14.5 Å². The SMILES string of the molecule is Fc1ccc(NC(=S)NCCCc2cccc3ccccc23)cc1F. The van der Waals surface area contributed by atoms with Gasteiger partial charge >= 0.3 is 0 Å². The van der Waals surface area contributed by atoms with Crippen LogP contribution >= 0.6 is 12.2 Å². The number of nitrogens with one attached hydrogen (secondary N) is 2. The number of hydrogen-bond donors (Lipinski definition) is 2. The highest BCUT2D eigenvalue weighted by molar-refractivity contribution is 7.80. The molecule has 0 radical (unpaired) electrons. The van der Waals surface area contributed by atoms with Gasteiger partial charge in [-0.1, -0.05) is 42.5 Å². The van der Waals surface area contributed by atoms with E-state index in [1.807, 2.05) is 12.1 Å². The van der Waals surface area contributed by atoms with Gasteiger partial charge in [-0.2, -0.15) is 0 Å². The van der Waals surface area contributed by atoms with Gasteiger partial charge in [-0.3, -0.25) is 0 Å². The summed E-state index contributed by atoms with van der Waals surface area (Å²) >= 11 is 5.18. The summed E-state index contributed by atoms with van der Waals surface area (Å²) in [5, 5.41) is 8.84. The molecule has 0 saturated carbocycles. The minimum atomic E-state index is -0.899. The molecule has 0 amide bonds. The van der Waals surface area contributed by atoms with E-state index in [0.717, 1.165) is 25.0 Å². The van der Waals surface area contributed by atoms with Crippen LogP contribution in [0.5, 0.6) is 0 Å². The highest BCUT2D eigenvalue weighted by Gasteiger charge is 2.04. The number of halogens is 2. The minimum absolute atomic E-state index is 0.393. The second kappa shape index (κ2) is 8.03. The molecular weight excluding hydrogens is 338 g/mol. The third kappa shape index (κ3) is 4.51. The Labute approximate surface area is 150 Å². The van der Waals surface area contributed by atoms with Gasteiger partial charge in [0.05, 0.1) is 0 Å². The van der Waals surface area contributed by atoms with E-state index in [2.05, 4.69) is 41.0 Å². The molecule has 5 heteroatoms. The van der Waals surface area contributed by atoms with Gasteiger partial charge in [-0.05, 0) is 53.5 Å². The third-order valence-electron chi connectivity index (χ3n) is 3.97. The monoisotopic (exact) mass is 356 g/mol. The van der Waals surface area contributed by atoms with E-state index in [1.54, 1.807) is 0 Å². The number of rotatable bonds is 5. The zero-order chi connectivity index (χ0) is 17.6. The van der Waals surface area contributed by atoms with Crippen molar-refractivity contribution in [3.63, 3.8) is 0 Å². The molecule has 0 aliphatic heterocycles. The molecule has 0 aliphatic rings. The Morgan fingerprint density at radius 3 is 2.56 bits per heavy atom. The first kappa shape index (κ1) is 17.3. The highest BCUT2D eigenvalue weighted by Crippen LogP contribution is 2.19. The molecule has 0 aliphatic carbocycles. The molecule has 2 N–H and O–H groups in total. The van der Waals surface area contributed by atoms with Crippen molar-refractivity contribution in [2.45, 2.75) is 12.8 Å². The predicted molar refractivity (Wildman–Crippen MR) is 103 cm³/mol. The molecule has 25 heavy (non-hydrogen) atoms. The van der Waals surface area contributed by atoms with E-state index in [4.69, 9.17) is 12.2 Å². The molecule has 3 aromatic carbocycles. The summed E-state index contributed by atoms with van der Waals surface area (Å²) in [4.78, 5) is 0. The summed E-state index contributed by atoms with van der Waals surface area (Å²) in [6.07, 6.45) is 1.84. The molecule has 3 aromatic rings. The first-order valence-corrected chi connectivity index (χ1v) is 8.51. The van der Waals surface area contributed by atoms with Crippen LogP contribution in [0.3, 0.4) is 0 Å². The summed E-state index contributed by atoms with van der Waals surface area (Å²) in [5.41, 5.74) is 1.73. The van der Waals surface area contributed by atoms with Crippen LogP contribution in [0.25, 0.3) is 10.8 Å². The second-order valence-corrected chi connectivity index (χ2v) is 6.16. The van der Waals surface area contributed by atoms with Crippen LogP contribution in [0, 0.1) is 11.6 Å². The summed E-state index contributed by atoms with van der Waals surface area (Å²) in [6, 6.07) is 18.2. The van der Waals surface area contributed by atoms with Gasteiger partial charge in [-0.25, -0.2) is 8.78 Å². The number of anilines is 1. The van der Waals surface area contributed by atoms with E-state index >= 15 is 0 Å². The molecule has 0 spiro atoms. The van der Waals surface area contributed by atoms with Crippen molar-refractivity contribution in [2.75, 3.05) is 11.9 Å². The average molecular weight is 356 g/mol. The number of aryl methyl sites for hydroxylation is 1. The highest BCUT2D eigenvalue weighted by atomic mass is 32.1. The lowest BCUT2D eigenvalue weighted by molar-refractivity contribution is 0.509. The molecule has 0 fully saturated rings. The lowest BCUT2D eigenvalue weighted by atomic mass is 10.0. The fraction of sp³-hybridized carbons (Fsp3) is 0.150. The van der Waals surface area contributed by atoms with E-state index in [9.17, 15) is 8.78 Å². The molecule has 0 bridgehead atoms. The van der Waals surface area contributed by atoms with Gasteiger partial charge in [0.1, 0.15) is 0 Å². The van der Waals surface area contributed by atoms with Crippen LogP contribution in [-0.2, 0) is 6.42 Å². The Balaban J connectivity index is 1.49. The number of benzene rings is 3. The van der Waals surface area contributed by atoms with E-state index in [1.165, 1.54) is 22.4 Å². The van der Waals surface area contributed by atoms with Crippen LogP contribution in [0.15, 0.2) is 60.7 Å². The van der Waals surface area contributed by atoms with Gasteiger partial charge in [-0.15, -0.1) is 0 Å². The first-order valence-electron chi connectivity index (χ1n) is 8.10. The average Bonchev–Trinajstić information content (AvgIpc) is 2.62. The van der Waals surface area contributed by atoms with Gasteiger partial charge in [0.2, 0.25) is 0 Å². The largest absolute Gasteiger partial charge is 0.362 e. The molecule has 0 saturated heterocycles. The van der Waals surface area contributed by atoms with Gasteiger partial charge in [0.25, 0.3) is 0 Å². The Kier molecular flexibility index (Phi) is 5.56. The maximum atomic E-state index is 13.2. The minimum Gasteiger partial charge on any atom is -0.362 e. The molecule has 0 unspecified atom stereocenters. The second-order valence-electron chi connectivity index (χ2n) is 5.75. The molecular formula is C20H18F2N2S. The third-order valence-corrected chi connectivity index (χ3v) is 4.21. The summed E-state index contributed by atoms with van der Waals surface area (Å²) in [5.74, 6) is -1.77. The van der Waals surface area contributed by atoms with E-state index in [0.29, 0.717) is 17.3 Å². The van der Waals surface area contributed by atoms with Crippen molar-refractivity contribution in [1.29, 1.82) is 0 Å². The topological polar surface area (TPSA) is 24.1 Å². The van der Waals surface area contributed by atoms with Crippen LogP contribution < -0.4 is 10.6 Å². The van der Waals surface area contributed by atoms with Crippen molar-refractivity contribution in [1.82, 2.24) is 5.32 Å². The van der Waals surface area contributed by atoms with Crippen molar-refractivity contribution < 1.29 is 8.78 Å². The Hall–Kier alpha value is -2.53. The standard InChI is InChI=1S/C20H18F2N2S/c21-18-11-10-16(13-19(18)22)24-20(25)23-12-4-8-15-7-3-6-14-5-1-2-9-17(14)15/h1-3,5-7,9-11,13H,4,8,12H2,(H2,23,24,25).